The van der Waals surface area contributed by atoms with Crippen molar-refractivity contribution in [3.05, 3.63) is 23.8 Å². The summed E-state index contributed by atoms with van der Waals surface area (Å²) in [7, 11) is 3.19. The van der Waals surface area contributed by atoms with Crippen molar-refractivity contribution >= 4 is 5.91 Å². The number of rotatable bonds is 6. The fourth-order valence-corrected chi connectivity index (χ4v) is 3.89. The number of amides is 1. The Kier molecular flexibility index (Phi) is 6.01. The Morgan fingerprint density at radius 1 is 1.19 bits per heavy atom. The lowest BCUT2D eigenvalue weighted by molar-refractivity contribution is -0.160. The maximum Gasteiger partial charge on any atom is 0.256 e. The van der Waals surface area contributed by atoms with E-state index in [1.807, 2.05) is 18.2 Å². The highest BCUT2D eigenvalue weighted by atomic mass is 16.5. The average molecular weight is 363 g/mol. The predicted octanol–water partition coefficient (Wildman–Crippen LogP) is 0.463. The molecule has 7 heteroatoms. The van der Waals surface area contributed by atoms with Crippen molar-refractivity contribution in [2.24, 2.45) is 0 Å². The van der Waals surface area contributed by atoms with E-state index >= 15 is 0 Å². The van der Waals surface area contributed by atoms with Crippen molar-refractivity contribution in [3.8, 4) is 11.5 Å². The number of β-amino-alcohol motifs (C(OH)–C–C–N with tert-alkyl or cyclic N) is 1. The Bertz CT molecular complexity index is 633. The Labute approximate surface area is 154 Å². The van der Waals surface area contributed by atoms with E-state index in [-0.39, 0.29) is 5.91 Å². The van der Waals surface area contributed by atoms with Crippen molar-refractivity contribution in [1.29, 1.82) is 0 Å². The topological polar surface area (TPSA) is 74.3 Å². The molecule has 1 atom stereocenters. The zero-order valence-electron chi connectivity index (χ0n) is 15.7. The Morgan fingerprint density at radius 3 is 2.65 bits per heavy atom. The van der Waals surface area contributed by atoms with Gasteiger partial charge < -0.3 is 24.8 Å². The number of likely N-dealkylation sites (tertiary alicyclic amines) is 1. The summed E-state index contributed by atoms with van der Waals surface area (Å²) < 4.78 is 10.8. The van der Waals surface area contributed by atoms with Crippen molar-refractivity contribution < 1.29 is 19.4 Å². The number of carbonyl (C=O) groups excluding carboxylic acids is 1. The smallest absolute Gasteiger partial charge is 0.256 e. The predicted molar refractivity (Wildman–Crippen MR) is 98.5 cm³/mol. The Hall–Kier alpha value is -1.83. The van der Waals surface area contributed by atoms with Gasteiger partial charge >= 0.3 is 0 Å². The van der Waals surface area contributed by atoms with Gasteiger partial charge in [-0.15, -0.1) is 0 Å². The molecule has 144 valence electrons. The number of ether oxygens (including phenoxy) is 2. The number of nitrogens with one attached hydrogen (secondary N) is 1. The summed E-state index contributed by atoms with van der Waals surface area (Å²) in [6, 6.07) is 5.65. The zero-order chi connectivity index (χ0) is 18.6. The fourth-order valence-electron chi connectivity index (χ4n) is 3.89. The molecule has 0 aliphatic carbocycles. The second-order valence-electron chi connectivity index (χ2n) is 7.04. The number of carbonyl (C=O) groups is 1. The van der Waals surface area contributed by atoms with E-state index in [1.54, 1.807) is 19.1 Å². The van der Waals surface area contributed by atoms with Gasteiger partial charge in [0, 0.05) is 51.4 Å². The lowest BCUT2D eigenvalue weighted by atomic mass is 9.90. The molecular formula is C19H29N3O4. The Balaban J connectivity index is 1.73. The summed E-state index contributed by atoms with van der Waals surface area (Å²) in [5.74, 6) is 1.09. The molecule has 3 rings (SSSR count). The number of piperidine rings is 1. The molecule has 2 N–H and O–H groups in total. The van der Waals surface area contributed by atoms with E-state index < -0.39 is 5.60 Å². The van der Waals surface area contributed by atoms with Crippen LogP contribution in [0.4, 0.5) is 0 Å². The van der Waals surface area contributed by atoms with E-state index in [4.69, 9.17) is 9.47 Å². The van der Waals surface area contributed by atoms with E-state index in [2.05, 4.69) is 10.2 Å². The van der Waals surface area contributed by atoms with Gasteiger partial charge in [0.05, 0.1) is 14.2 Å². The summed E-state index contributed by atoms with van der Waals surface area (Å²) in [5.41, 5.74) is -0.423. The van der Waals surface area contributed by atoms with Gasteiger partial charge in [0.15, 0.2) is 17.1 Å². The van der Waals surface area contributed by atoms with Crippen LogP contribution in [0.15, 0.2) is 18.2 Å². The second kappa shape index (κ2) is 8.24. The molecule has 2 fully saturated rings. The molecule has 1 aromatic carbocycles. The molecule has 0 spiro atoms. The number of piperazine rings is 1. The summed E-state index contributed by atoms with van der Waals surface area (Å²) in [6.45, 7) is 4.97. The molecule has 2 saturated heterocycles. The monoisotopic (exact) mass is 363 g/mol. The number of para-hydroxylation sites is 1. The quantitative estimate of drug-likeness (QED) is 0.765. The van der Waals surface area contributed by atoms with Crippen LogP contribution >= 0.6 is 0 Å². The molecule has 2 heterocycles. The van der Waals surface area contributed by atoms with Crippen LogP contribution in [-0.4, -0.2) is 79.9 Å². The fraction of sp³-hybridized carbons (Fsp3) is 0.632. The summed E-state index contributed by atoms with van der Waals surface area (Å²) in [4.78, 5) is 17.0. The minimum atomic E-state index is -1.30. The first kappa shape index (κ1) is 18.9. The lowest BCUT2D eigenvalue weighted by Crippen LogP contribution is -2.60. The number of aliphatic hydroxyl groups is 1. The first-order valence-electron chi connectivity index (χ1n) is 9.22. The van der Waals surface area contributed by atoms with Crippen molar-refractivity contribution in [3.63, 3.8) is 0 Å². The number of hydrogen-bond acceptors (Lipinski definition) is 6. The number of methoxy groups -OCH3 is 2. The molecule has 26 heavy (non-hydrogen) atoms. The lowest BCUT2D eigenvalue weighted by Gasteiger charge is -2.41. The van der Waals surface area contributed by atoms with Crippen LogP contribution in [0.5, 0.6) is 11.5 Å². The van der Waals surface area contributed by atoms with E-state index in [9.17, 15) is 9.90 Å². The third-order valence-electron chi connectivity index (χ3n) is 5.24. The maximum atomic E-state index is 13.0. The van der Waals surface area contributed by atoms with Crippen LogP contribution in [-0.2, 0) is 11.3 Å². The maximum absolute atomic E-state index is 13.0. The summed E-state index contributed by atoms with van der Waals surface area (Å²) in [5, 5.41) is 14.4. The molecule has 1 aromatic rings. The van der Waals surface area contributed by atoms with Gasteiger partial charge in [-0.25, -0.2) is 0 Å². The van der Waals surface area contributed by atoms with Crippen LogP contribution < -0.4 is 14.8 Å². The molecule has 0 aromatic heterocycles. The van der Waals surface area contributed by atoms with Gasteiger partial charge in [-0.1, -0.05) is 12.1 Å². The molecule has 2 aliphatic heterocycles. The molecule has 1 unspecified atom stereocenters. The first-order valence-corrected chi connectivity index (χ1v) is 9.22. The molecule has 0 bridgehead atoms. The Morgan fingerprint density at radius 2 is 1.96 bits per heavy atom. The normalized spacial score (nSPS) is 24.6. The van der Waals surface area contributed by atoms with Gasteiger partial charge in [0.25, 0.3) is 5.91 Å². The molecule has 7 nitrogen and oxygen atoms in total. The zero-order valence-corrected chi connectivity index (χ0v) is 15.7. The van der Waals surface area contributed by atoms with E-state index in [1.165, 1.54) is 0 Å². The van der Waals surface area contributed by atoms with Crippen molar-refractivity contribution in [1.82, 2.24) is 15.1 Å². The number of benzene rings is 1. The molecule has 0 saturated carbocycles. The van der Waals surface area contributed by atoms with E-state index in [0.717, 1.165) is 38.2 Å². The first-order chi connectivity index (χ1) is 12.6. The van der Waals surface area contributed by atoms with Crippen molar-refractivity contribution in [2.45, 2.75) is 25.0 Å². The van der Waals surface area contributed by atoms with Gasteiger partial charge in [0.1, 0.15) is 0 Å². The SMILES string of the molecule is COc1cccc(CN2CCCC(O)(CN3CCNCC3)C2=O)c1OC. The highest BCUT2D eigenvalue weighted by Crippen LogP contribution is 2.33. The number of hydrogen-bond donors (Lipinski definition) is 2. The van der Waals surface area contributed by atoms with Gasteiger partial charge in [0.2, 0.25) is 0 Å². The van der Waals surface area contributed by atoms with Crippen LogP contribution in [0.25, 0.3) is 0 Å². The summed E-state index contributed by atoms with van der Waals surface area (Å²) >= 11 is 0. The number of nitrogens with zero attached hydrogens (tertiary/aromatic N) is 2. The van der Waals surface area contributed by atoms with Gasteiger partial charge in [-0.3, -0.25) is 9.69 Å². The summed E-state index contributed by atoms with van der Waals surface area (Å²) in [6.07, 6.45) is 1.31. The third kappa shape index (κ3) is 3.95. The molecule has 2 aliphatic rings. The van der Waals surface area contributed by atoms with Gasteiger partial charge in [-0.2, -0.15) is 0 Å². The van der Waals surface area contributed by atoms with E-state index in [0.29, 0.717) is 37.6 Å². The third-order valence-corrected chi connectivity index (χ3v) is 5.24. The van der Waals surface area contributed by atoms with Crippen molar-refractivity contribution in [2.75, 3.05) is 53.5 Å². The van der Waals surface area contributed by atoms with Crippen LogP contribution in [0.1, 0.15) is 18.4 Å². The largest absolute Gasteiger partial charge is 0.493 e. The van der Waals surface area contributed by atoms with Crippen LogP contribution in [0.2, 0.25) is 0 Å². The standard InChI is InChI=1S/C19H29N3O4/c1-25-16-6-3-5-15(17(16)26-2)13-22-10-4-7-19(24,18(22)23)14-21-11-8-20-9-12-21/h3,5-6,20,24H,4,7-14H2,1-2H3. The highest BCUT2D eigenvalue weighted by Gasteiger charge is 2.43. The van der Waals surface area contributed by atoms with Gasteiger partial charge in [-0.05, 0) is 18.9 Å². The molecular weight excluding hydrogens is 334 g/mol. The minimum absolute atomic E-state index is 0.188. The molecule has 1 amide bonds. The molecule has 0 radical (unpaired) electrons. The van der Waals surface area contributed by atoms with Crippen LogP contribution in [0, 0.1) is 0 Å². The minimum Gasteiger partial charge on any atom is -0.493 e. The average Bonchev–Trinajstić information content (AvgIpc) is 2.66. The van der Waals surface area contributed by atoms with Crippen LogP contribution in [0.3, 0.4) is 0 Å². The second-order valence-corrected chi connectivity index (χ2v) is 7.04. The highest BCUT2D eigenvalue weighted by molar-refractivity contribution is 5.86.